The van der Waals surface area contributed by atoms with E-state index < -0.39 is 40.5 Å². The lowest BCUT2D eigenvalue weighted by Gasteiger charge is -2.10. The Kier molecular flexibility index (Phi) is 6.42. The fourth-order valence-corrected chi connectivity index (χ4v) is 2.96. The first kappa shape index (κ1) is 22.3. The Balaban J connectivity index is 2.42. The Morgan fingerprint density at radius 2 is 1.72 bits per heavy atom. The van der Waals surface area contributed by atoms with E-state index in [0.717, 1.165) is 37.1 Å². The first-order valence-corrected chi connectivity index (χ1v) is 8.87. The minimum absolute atomic E-state index is 0.320. The number of hydrogen-bond acceptors (Lipinski definition) is 8. The van der Waals surface area contributed by atoms with E-state index in [4.69, 9.17) is 9.47 Å². The van der Waals surface area contributed by atoms with Crippen molar-refractivity contribution in [2.24, 2.45) is 0 Å². The summed E-state index contributed by atoms with van der Waals surface area (Å²) in [6.07, 6.45) is 0. The van der Waals surface area contributed by atoms with Crippen molar-refractivity contribution in [1.82, 2.24) is 9.78 Å². The van der Waals surface area contributed by atoms with Gasteiger partial charge in [-0.2, -0.15) is 13.9 Å². The van der Waals surface area contributed by atoms with Crippen LogP contribution in [-0.2, 0) is 9.47 Å². The molecule has 0 spiro atoms. The molecule has 0 N–H and O–H groups in total. The molecule has 0 radical (unpaired) electrons. The summed E-state index contributed by atoms with van der Waals surface area (Å²) in [4.78, 5) is 35.7. The average Bonchev–Trinajstić information content (AvgIpc) is 3.18. The van der Waals surface area contributed by atoms with Gasteiger partial charge in [-0.05, 0) is 18.2 Å². The fraction of sp³-hybridized carbons (Fsp3) is 0.150. The zero-order valence-corrected chi connectivity index (χ0v) is 16.7. The number of para-hydroxylation sites is 1. The molecule has 3 aromatic rings. The van der Waals surface area contributed by atoms with Gasteiger partial charge in [-0.15, -0.1) is 0 Å². The van der Waals surface area contributed by atoms with Crippen molar-refractivity contribution >= 4 is 17.6 Å². The number of esters is 2. The molecule has 10 nitrogen and oxygen atoms in total. The molecular formula is C20H15F2N3O7. The standard InChI is InChI=1S/C20H15F2N3O7/c1-30-18(26)15-16(13-10-12(25(28)29)8-9-14(13)32-20(21)22)23-24(17(15)19(27)31-2)11-6-4-3-5-7-11/h3-10,20H,1-2H3. The van der Waals surface area contributed by atoms with Crippen molar-refractivity contribution in [2.75, 3.05) is 14.2 Å². The first-order chi connectivity index (χ1) is 15.3. The first-order valence-electron chi connectivity index (χ1n) is 8.87. The Labute approximate surface area is 179 Å². The van der Waals surface area contributed by atoms with Crippen molar-refractivity contribution in [2.45, 2.75) is 6.61 Å². The molecule has 0 fully saturated rings. The molecule has 0 aliphatic rings. The zero-order chi connectivity index (χ0) is 23.4. The number of halogens is 2. The van der Waals surface area contributed by atoms with E-state index in [1.165, 1.54) is 0 Å². The number of benzene rings is 2. The number of nitro groups is 1. The number of hydrogen-bond donors (Lipinski definition) is 0. The second-order valence-electron chi connectivity index (χ2n) is 6.12. The van der Waals surface area contributed by atoms with Gasteiger partial charge in [-0.1, -0.05) is 18.2 Å². The number of nitro benzene ring substituents is 1. The van der Waals surface area contributed by atoms with Crippen LogP contribution < -0.4 is 4.74 Å². The third-order valence-electron chi connectivity index (χ3n) is 4.30. The average molecular weight is 447 g/mol. The van der Waals surface area contributed by atoms with Crippen molar-refractivity contribution < 1.29 is 37.5 Å². The second kappa shape index (κ2) is 9.20. The number of alkyl halides is 2. The van der Waals surface area contributed by atoms with Crippen LogP contribution in [0.1, 0.15) is 20.8 Å². The summed E-state index contributed by atoms with van der Waals surface area (Å²) in [6.45, 7) is -3.27. The van der Waals surface area contributed by atoms with E-state index in [1.807, 2.05) is 0 Å². The third kappa shape index (κ3) is 4.24. The normalized spacial score (nSPS) is 10.7. The van der Waals surface area contributed by atoms with Gasteiger partial charge in [0.15, 0.2) is 5.69 Å². The Bertz CT molecular complexity index is 1180. The summed E-state index contributed by atoms with van der Waals surface area (Å²) >= 11 is 0. The number of carbonyl (C=O) groups excluding carboxylic acids is 2. The molecule has 3 rings (SSSR count). The van der Waals surface area contributed by atoms with E-state index in [0.29, 0.717) is 5.69 Å². The largest absolute Gasteiger partial charge is 0.465 e. The van der Waals surface area contributed by atoms with Crippen molar-refractivity contribution in [3.8, 4) is 22.7 Å². The number of methoxy groups -OCH3 is 2. The molecule has 0 saturated carbocycles. The topological polar surface area (TPSA) is 123 Å². The number of ether oxygens (including phenoxy) is 3. The van der Waals surface area contributed by atoms with Crippen LogP contribution in [0.15, 0.2) is 48.5 Å². The van der Waals surface area contributed by atoms with Crippen molar-refractivity contribution in [1.29, 1.82) is 0 Å². The molecule has 1 heterocycles. The smallest absolute Gasteiger partial charge is 0.387 e. The highest BCUT2D eigenvalue weighted by molar-refractivity contribution is 6.07. The van der Waals surface area contributed by atoms with Gasteiger partial charge >= 0.3 is 18.6 Å². The van der Waals surface area contributed by atoms with E-state index in [1.54, 1.807) is 30.3 Å². The molecule has 2 aromatic carbocycles. The van der Waals surface area contributed by atoms with Crippen LogP contribution in [0.2, 0.25) is 0 Å². The molecule has 0 unspecified atom stereocenters. The van der Waals surface area contributed by atoms with Gasteiger partial charge in [-0.3, -0.25) is 10.1 Å². The van der Waals surface area contributed by atoms with Crippen molar-refractivity contribution in [3.05, 3.63) is 69.9 Å². The maximum atomic E-state index is 13.0. The molecule has 32 heavy (non-hydrogen) atoms. The van der Waals surface area contributed by atoms with Crippen LogP contribution in [0, 0.1) is 10.1 Å². The van der Waals surface area contributed by atoms with Crippen molar-refractivity contribution in [3.63, 3.8) is 0 Å². The van der Waals surface area contributed by atoms with Gasteiger partial charge in [0.1, 0.15) is 17.0 Å². The van der Waals surface area contributed by atoms with Crippen LogP contribution >= 0.6 is 0 Å². The van der Waals surface area contributed by atoms with Crippen LogP contribution in [0.5, 0.6) is 5.75 Å². The summed E-state index contributed by atoms with van der Waals surface area (Å²) in [5, 5.41) is 15.5. The van der Waals surface area contributed by atoms with Gasteiger partial charge in [-0.25, -0.2) is 14.3 Å². The highest BCUT2D eigenvalue weighted by Gasteiger charge is 2.33. The van der Waals surface area contributed by atoms with Gasteiger partial charge in [0.2, 0.25) is 0 Å². The minimum Gasteiger partial charge on any atom is -0.465 e. The quantitative estimate of drug-likeness (QED) is 0.306. The second-order valence-corrected chi connectivity index (χ2v) is 6.12. The lowest BCUT2D eigenvalue weighted by molar-refractivity contribution is -0.384. The van der Waals surface area contributed by atoms with Crippen LogP contribution in [0.25, 0.3) is 16.9 Å². The molecule has 1 aromatic heterocycles. The number of aromatic nitrogens is 2. The van der Waals surface area contributed by atoms with Crippen LogP contribution in [0.4, 0.5) is 14.5 Å². The number of non-ortho nitro benzene ring substituents is 1. The Hall–Kier alpha value is -4.35. The van der Waals surface area contributed by atoms with Crippen LogP contribution in [0.3, 0.4) is 0 Å². The van der Waals surface area contributed by atoms with Gasteiger partial charge in [0, 0.05) is 12.1 Å². The van der Waals surface area contributed by atoms with E-state index >= 15 is 0 Å². The van der Waals surface area contributed by atoms with Gasteiger partial charge in [0.05, 0.1) is 30.4 Å². The number of nitrogens with zero attached hydrogens (tertiary/aromatic N) is 3. The third-order valence-corrected chi connectivity index (χ3v) is 4.30. The summed E-state index contributed by atoms with van der Waals surface area (Å²) in [5.41, 5.74) is -1.63. The summed E-state index contributed by atoms with van der Waals surface area (Å²) in [6, 6.07) is 10.9. The fourth-order valence-electron chi connectivity index (χ4n) is 2.96. The maximum absolute atomic E-state index is 13.0. The molecule has 0 aliphatic heterocycles. The van der Waals surface area contributed by atoms with E-state index in [2.05, 4.69) is 9.84 Å². The lowest BCUT2D eigenvalue weighted by atomic mass is 10.0. The predicted octanol–water partition coefficient (Wildman–Crippen LogP) is 3.62. The molecule has 0 bridgehead atoms. The predicted molar refractivity (Wildman–Crippen MR) is 105 cm³/mol. The molecule has 166 valence electrons. The Morgan fingerprint density at radius 1 is 1.06 bits per heavy atom. The number of carbonyl (C=O) groups is 2. The zero-order valence-electron chi connectivity index (χ0n) is 16.7. The molecule has 0 saturated heterocycles. The molecule has 0 atom stereocenters. The molecule has 0 amide bonds. The highest BCUT2D eigenvalue weighted by atomic mass is 19.3. The monoisotopic (exact) mass is 447 g/mol. The highest BCUT2D eigenvalue weighted by Crippen LogP contribution is 2.38. The Morgan fingerprint density at radius 3 is 2.28 bits per heavy atom. The van der Waals surface area contributed by atoms with Gasteiger partial charge in [0.25, 0.3) is 5.69 Å². The van der Waals surface area contributed by atoms with Crippen LogP contribution in [-0.4, -0.2) is 47.5 Å². The number of rotatable bonds is 7. The molecule has 12 heteroatoms. The molecular weight excluding hydrogens is 432 g/mol. The SMILES string of the molecule is COC(=O)c1c(-c2cc([N+](=O)[O-])ccc2OC(F)F)nn(-c2ccccc2)c1C(=O)OC. The van der Waals surface area contributed by atoms with Gasteiger partial charge < -0.3 is 14.2 Å². The summed E-state index contributed by atoms with van der Waals surface area (Å²) in [5.74, 6) is -2.52. The minimum atomic E-state index is -3.27. The van der Waals surface area contributed by atoms with E-state index in [-0.39, 0.29) is 17.0 Å². The van der Waals surface area contributed by atoms with E-state index in [9.17, 15) is 28.5 Å². The summed E-state index contributed by atoms with van der Waals surface area (Å²) in [7, 11) is 2.11. The summed E-state index contributed by atoms with van der Waals surface area (Å²) < 4.78 is 41.0. The molecule has 0 aliphatic carbocycles. The maximum Gasteiger partial charge on any atom is 0.387 e. The lowest BCUT2D eigenvalue weighted by Crippen LogP contribution is -2.15.